The monoisotopic (exact) mass is 467 g/mol. The van der Waals surface area contributed by atoms with Crippen LogP contribution in [0.4, 0.5) is 5.69 Å². The molecule has 0 heterocycles. The van der Waals surface area contributed by atoms with Gasteiger partial charge in [-0.15, -0.1) is 0 Å². The Morgan fingerprint density at radius 1 is 1.00 bits per heavy atom. The lowest BCUT2D eigenvalue weighted by Gasteiger charge is -2.10. The molecule has 0 saturated carbocycles. The molecule has 0 amide bonds. The highest BCUT2D eigenvalue weighted by Crippen LogP contribution is 2.27. The van der Waals surface area contributed by atoms with Crippen molar-refractivity contribution < 1.29 is 22.8 Å². The van der Waals surface area contributed by atoms with E-state index >= 15 is 0 Å². The predicted octanol–water partition coefficient (Wildman–Crippen LogP) is 4.01. The van der Waals surface area contributed by atoms with Gasteiger partial charge in [0.05, 0.1) is 23.1 Å². The first-order valence-electron chi connectivity index (χ1n) is 9.71. The van der Waals surface area contributed by atoms with Gasteiger partial charge in [-0.2, -0.15) is 13.5 Å². The molecule has 0 bridgehead atoms. The molecule has 0 aromatic heterocycles. The van der Waals surface area contributed by atoms with Crippen molar-refractivity contribution in [3.05, 3.63) is 100 Å². The van der Waals surface area contributed by atoms with Crippen molar-refractivity contribution in [3.63, 3.8) is 0 Å². The highest BCUT2D eigenvalue weighted by atomic mass is 32.2. The van der Waals surface area contributed by atoms with Gasteiger partial charge in [-0.25, -0.2) is 4.83 Å². The maximum absolute atomic E-state index is 12.3. The Bertz CT molecular complexity index is 1270. The molecule has 0 aliphatic rings. The molecule has 0 aliphatic heterocycles. The van der Waals surface area contributed by atoms with E-state index in [0.717, 1.165) is 11.6 Å². The van der Waals surface area contributed by atoms with E-state index in [9.17, 15) is 18.5 Å². The number of ether oxygens (including phenoxy) is 2. The molecular weight excluding hydrogens is 446 g/mol. The van der Waals surface area contributed by atoms with Crippen molar-refractivity contribution in [1.29, 1.82) is 0 Å². The zero-order valence-electron chi connectivity index (χ0n) is 17.6. The molecule has 170 valence electrons. The van der Waals surface area contributed by atoms with Crippen LogP contribution in [0.1, 0.15) is 11.1 Å². The van der Waals surface area contributed by atoms with Gasteiger partial charge in [-0.1, -0.05) is 42.5 Å². The predicted molar refractivity (Wildman–Crippen MR) is 125 cm³/mol. The van der Waals surface area contributed by atoms with Crippen LogP contribution < -0.4 is 14.3 Å². The average molecular weight is 468 g/mol. The molecule has 1 N–H and O–H groups in total. The summed E-state index contributed by atoms with van der Waals surface area (Å²) in [7, 11) is -2.57. The van der Waals surface area contributed by atoms with Crippen molar-refractivity contribution in [2.75, 3.05) is 13.7 Å². The van der Waals surface area contributed by atoms with Crippen molar-refractivity contribution in [2.24, 2.45) is 5.10 Å². The lowest BCUT2D eigenvalue weighted by atomic mass is 10.2. The molecule has 3 aromatic carbocycles. The van der Waals surface area contributed by atoms with Gasteiger partial charge in [0.25, 0.3) is 15.7 Å². The molecule has 10 heteroatoms. The minimum atomic E-state index is -4.06. The van der Waals surface area contributed by atoms with E-state index in [1.807, 2.05) is 47.3 Å². The third-order valence-corrected chi connectivity index (χ3v) is 5.58. The summed E-state index contributed by atoms with van der Waals surface area (Å²) in [6.07, 6.45) is 5.12. The first-order valence-corrected chi connectivity index (χ1v) is 11.2. The van der Waals surface area contributed by atoms with Gasteiger partial charge in [-0.3, -0.25) is 10.1 Å². The summed E-state index contributed by atoms with van der Waals surface area (Å²) in [4.78, 5) is 12.0. The largest absolute Gasteiger partial charge is 0.493 e. The Hall–Kier alpha value is -4.18. The highest BCUT2D eigenvalue weighted by molar-refractivity contribution is 7.89. The minimum absolute atomic E-state index is 0.265. The zero-order valence-corrected chi connectivity index (χ0v) is 18.4. The number of hydrogen-bond donors (Lipinski definition) is 1. The average Bonchev–Trinajstić information content (AvgIpc) is 2.83. The van der Waals surface area contributed by atoms with Crippen LogP contribution in [0.5, 0.6) is 11.5 Å². The molecule has 33 heavy (non-hydrogen) atoms. The summed E-state index contributed by atoms with van der Waals surface area (Å²) in [6.45, 7) is 0.335. The van der Waals surface area contributed by atoms with E-state index in [0.29, 0.717) is 23.7 Å². The molecule has 0 spiro atoms. The van der Waals surface area contributed by atoms with Gasteiger partial charge < -0.3 is 9.47 Å². The van der Waals surface area contributed by atoms with Crippen molar-refractivity contribution in [1.82, 2.24) is 4.83 Å². The summed E-state index contributed by atoms with van der Waals surface area (Å²) < 4.78 is 35.7. The molecule has 0 fully saturated rings. The number of nitrogens with one attached hydrogen (secondary N) is 1. The van der Waals surface area contributed by atoms with Gasteiger partial charge in [0, 0.05) is 12.1 Å². The number of rotatable bonds is 10. The summed E-state index contributed by atoms with van der Waals surface area (Å²) in [5.74, 6) is 0.970. The standard InChI is InChI=1S/C23H21N3O6S/c1-31-23-15-19(12-13-22(23)32-14-6-9-18-7-3-2-4-8-18)17-24-25-33(29,30)21-11-5-10-20(16-21)26(27)28/h2-13,15-17,25H,14H2,1H3. The Morgan fingerprint density at radius 2 is 1.79 bits per heavy atom. The maximum atomic E-state index is 12.3. The number of methoxy groups -OCH3 is 1. The van der Waals surface area contributed by atoms with Crippen LogP contribution in [0, 0.1) is 10.1 Å². The lowest BCUT2D eigenvalue weighted by Crippen LogP contribution is -2.18. The van der Waals surface area contributed by atoms with E-state index in [-0.39, 0.29) is 10.6 Å². The molecule has 0 atom stereocenters. The number of sulfonamides is 1. The third kappa shape index (κ3) is 6.65. The number of hydrogen-bond acceptors (Lipinski definition) is 7. The Balaban J connectivity index is 1.63. The van der Waals surface area contributed by atoms with Crippen LogP contribution in [-0.2, 0) is 10.0 Å². The van der Waals surface area contributed by atoms with E-state index in [1.54, 1.807) is 18.2 Å². The quantitative estimate of drug-likeness (QED) is 0.273. The van der Waals surface area contributed by atoms with Crippen LogP contribution in [-0.4, -0.2) is 33.3 Å². The zero-order chi connectivity index (χ0) is 23.7. The molecule has 3 rings (SSSR count). The molecule has 0 unspecified atom stereocenters. The van der Waals surface area contributed by atoms with E-state index < -0.39 is 14.9 Å². The fraction of sp³-hybridized carbons (Fsp3) is 0.0870. The topological polar surface area (TPSA) is 120 Å². The number of hydrazone groups is 1. The van der Waals surface area contributed by atoms with Crippen LogP contribution in [0.3, 0.4) is 0 Å². The van der Waals surface area contributed by atoms with Gasteiger partial charge in [0.2, 0.25) is 0 Å². The summed E-state index contributed by atoms with van der Waals surface area (Å²) in [5.41, 5.74) is 1.29. The Morgan fingerprint density at radius 3 is 2.52 bits per heavy atom. The van der Waals surface area contributed by atoms with Gasteiger partial charge in [-0.05, 0) is 41.5 Å². The molecular formula is C23H21N3O6S. The van der Waals surface area contributed by atoms with Crippen molar-refractivity contribution in [3.8, 4) is 11.5 Å². The smallest absolute Gasteiger partial charge is 0.276 e. The Labute approximate surface area is 191 Å². The Kier molecular flexibility index (Phi) is 7.77. The number of benzene rings is 3. The second kappa shape index (κ2) is 10.9. The third-order valence-electron chi connectivity index (χ3n) is 4.36. The van der Waals surface area contributed by atoms with E-state index in [1.165, 1.54) is 31.5 Å². The SMILES string of the molecule is COc1cc(C=NNS(=O)(=O)c2cccc([N+](=O)[O-])c2)ccc1OCC=Cc1ccccc1. The van der Waals surface area contributed by atoms with Gasteiger partial charge >= 0.3 is 0 Å². The summed E-state index contributed by atoms with van der Waals surface area (Å²) in [6, 6.07) is 19.5. The van der Waals surface area contributed by atoms with Crippen molar-refractivity contribution >= 4 is 28.0 Å². The van der Waals surface area contributed by atoms with Crippen LogP contribution in [0.25, 0.3) is 6.08 Å². The molecule has 3 aromatic rings. The normalized spacial score (nSPS) is 11.5. The fourth-order valence-corrected chi connectivity index (χ4v) is 3.59. The summed E-state index contributed by atoms with van der Waals surface area (Å²) >= 11 is 0. The summed E-state index contributed by atoms with van der Waals surface area (Å²) in [5, 5.41) is 14.6. The first-order chi connectivity index (χ1) is 15.9. The number of nitro groups is 1. The lowest BCUT2D eigenvalue weighted by molar-refractivity contribution is -0.385. The molecule has 0 saturated heterocycles. The van der Waals surface area contributed by atoms with E-state index in [2.05, 4.69) is 5.10 Å². The van der Waals surface area contributed by atoms with E-state index in [4.69, 9.17) is 9.47 Å². The molecule has 0 aliphatic carbocycles. The number of nitrogens with zero attached hydrogens (tertiary/aromatic N) is 2. The number of non-ortho nitro benzene ring substituents is 1. The molecule has 0 radical (unpaired) electrons. The van der Waals surface area contributed by atoms with Gasteiger partial charge in [0.1, 0.15) is 6.61 Å². The maximum Gasteiger partial charge on any atom is 0.276 e. The van der Waals surface area contributed by atoms with Crippen LogP contribution in [0.15, 0.2) is 88.9 Å². The van der Waals surface area contributed by atoms with Gasteiger partial charge in [0.15, 0.2) is 11.5 Å². The number of nitro benzene ring substituents is 1. The second-order valence-electron chi connectivity index (χ2n) is 6.64. The minimum Gasteiger partial charge on any atom is -0.493 e. The van der Waals surface area contributed by atoms with Crippen LogP contribution in [0.2, 0.25) is 0 Å². The van der Waals surface area contributed by atoms with Crippen molar-refractivity contribution in [2.45, 2.75) is 4.90 Å². The fourth-order valence-electron chi connectivity index (χ4n) is 2.76. The first kappa shape index (κ1) is 23.5. The highest BCUT2D eigenvalue weighted by Gasteiger charge is 2.16. The second-order valence-corrected chi connectivity index (χ2v) is 8.30. The van der Waals surface area contributed by atoms with Crippen LogP contribution >= 0.6 is 0 Å². The molecule has 9 nitrogen and oxygen atoms in total.